The third-order valence-corrected chi connectivity index (χ3v) is 12.3. The molecular weight excluding hydrogens is 758 g/mol. The average Bonchev–Trinajstić information content (AvgIpc) is 3.19. The first-order chi connectivity index (χ1) is 28.6. The van der Waals surface area contributed by atoms with Crippen LogP contribution in [0.25, 0.3) is 0 Å². The Bertz CT molecular complexity index is 956. The Morgan fingerprint density at radius 1 is 0.508 bits per heavy atom. The van der Waals surface area contributed by atoms with Crippen LogP contribution in [0.5, 0.6) is 0 Å². The predicted molar refractivity (Wildman–Crippen MR) is 250 cm³/mol. The van der Waals surface area contributed by atoms with Gasteiger partial charge in [-0.15, -0.1) is 0 Å². The first-order valence-corrected chi connectivity index (χ1v) is 26.9. The lowest BCUT2D eigenvalue weighted by atomic mass is 10.0. The second kappa shape index (κ2) is 43.9. The van der Waals surface area contributed by atoms with Gasteiger partial charge in [0.2, 0.25) is 0 Å². The van der Waals surface area contributed by atoms with Crippen molar-refractivity contribution >= 4 is 13.8 Å². The minimum atomic E-state index is -4.52. The van der Waals surface area contributed by atoms with Gasteiger partial charge in [0.15, 0.2) is 0 Å². The molecule has 0 radical (unpaired) electrons. The number of hydrogen-bond donors (Lipinski definition) is 0. The molecule has 0 heterocycles. The highest BCUT2D eigenvalue weighted by molar-refractivity contribution is 7.45. The summed E-state index contributed by atoms with van der Waals surface area (Å²) >= 11 is 0. The van der Waals surface area contributed by atoms with E-state index in [1.165, 1.54) is 193 Å². The Morgan fingerprint density at radius 2 is 0.881 bits per heavy atom. The third-order valence-electron chi connectivity index (χ3n) is 11.3. The Morgan fingerprint density at radius 3 is 1.29 bits per heavy atom. The van der Waals surface area contributed by atoms with Crippen molar-refractivity contribution in [3.8, 4) is 0 Å². The number of quaternary nitrogens is 1. The third kappa shape index (κ3) is 48.1. The number of hydrogen-bond acceptors (Lipinski definition) is 7. The number of esters is 1. The van der Waals surface area contributed by atoms with Gasteiger partial charge in [-0.2, -0.15) is 0 Å². The van der Waals surface area contributed by atoms with Gasteiger partial charge in [0.05, 0.1) is 34.4 Å². The van der Waals surface area contributed by atoms with Crippen LogP contribution in [0.4, 0.5) is 0 Å². The molecule has 0 bridgehead atoms. The summed E-state index contributed by atoms with van der Waals surface area (Å²) in [7, 11) is 1.37. The highest BCUT2D eigenvalue weighted by Crippen LogP contribution is 2.38. The molecule has 0 saturated carbocycles. The zero-order valence-corrected chi connectivity index (χ0v) is 40.9. The molecule has 0 amide bonds. The van der Waals surface area contributed by atoms with E-state index in [0.717, 1.165) is 32.1 Å². The topological polar surface area (TPSA) is 94.1 Å². The molecule has 0 aromatic rings. The molecule has 0 aliphatic heterocycles. The fourth-order valence-corrected chi connectivity index (χ4v) is 8.10. The number of unbranched alkanes of at least 4 members (excludes halogenated alkanes) is 32. The lowest BCUT2D eigenvalue weighted by molar-refractivity contribution is -0.870. The molecule has 8 nitrogen and oxygen atoms in total. The van der Waals surface area contributed by atoms with E-state index in [2.05, 4.69) is 26.0 Å². The minimum absolute atomic E-state index is 0.0288. The van der Waals surface area contributed by atoms with E-state index in [4.69, 9.17) is 18.5 Å². The largest absolute Gasteiger partial charge is 0.756 e. The fourth-order valence-electron chi connectivity index (χ4n) is 7.37. The summed E-state index contributed by atoms with van der Waals surface area (Å²) in [4.78, 5) is 25.1. The van der Waals surface area contributed by atoms with Gasteiger partial charge in [0, 0.05) is 13.0 Å². The number of phosphoric ester groups is 1. The zero-order valence-electron chi connectivity index (χ0n) is 40.0. The molecule has 0 saturated heterocycles. The van der Waals surface area contributed by atoms with Crippen molar-refractivity contribution in [1.82, 2.24) is 0 Å². The minimum Gasteiger partial charge on any atom is -0.756 e. The number of carbonyl (C=O) groups is 1. The smallest absolute Gasteiger partial charge is 0.306 e. The van der Waals surface area contributed by atoms with Crippen molar-refractivity contribution in [1.29, 1.82) is 0 Å². The van der Waals surface area contributed by atoms with Crippen LogP contribution in [0.15, 0.2) is 12.2 Å². The molecule has 0 aromatic carbocycles. The predicted octanol–water partition coefficient (Wildman–Crippen LogP) is 14.8. The maximum Gasteiger partial charge on any atom is 0.306 e. The van der Waals surface area contributed by atoms with Crippen molar-refractivity contribution in [2.45, 2.75) is 251 Å². The quantitative estimate of drug-likeness (QED) is 0.0198. The van der Waals surface area contributed by atoms with E-state index in [-0.39, 0.29) is 25.8 Å². The monoisotopic (exact) mass is 858 g/mol. The Balaban J connectivity index is 4.12. The van der Waals surface area contributed by atoms with Gasteiger partial charge in [0.1, 0.15) is 19.3 Å². The van der Waals surface area contributed by atoms with E-state index in [1.54, 1.807) is 0 Å². The molecule has 0 aliphatic carbocycles. The lowest BCUT2D eigenvalue weighted by Gasteiger charge is -2.28. The number of allylic oxidation sites excluding steroid dienone is 2. The number of carbonyl (C=O) groups excluding carboxylic acids is 1. The van der Waals surface area contributed by atoms with Crippen LogP contribution in [-0.4, -0.2) is 70.7 Å². The number of rotatable bonds is 48. The summed E-state index contributed by atoms with van der Waals surface area (Å²) in [6.45, 7) is 5.47. The van der Waals surface area contributed by atoms with Gasteiger partial charge in [-0.05, 0) is 38.5 Å². The highest BCUT2D eigenvalue weighted by atomic mass is 31.2. The Hall–Kier alpha value is -0.760. The van der Waals surface area contributed by atoms with Crippen LogP contribution in [-0.2, 0) is 27.9 Å². The number of ether oxygens (including phenoxy) is 2. The van der Waals surface area contributed by atoms with E-state index in [9.17, 15) is 14.3 Å². The summed E-state index contributed by atoms with van der Waals surface area (Å²) in [6.07, 6.45) is 49.4. The van der Waals surface area contributed by atoms with E-state index < -0.39 is 13.9 Å². The highest BCUT2D eigenvalue weighted by Gasteiger charge is 2.20. The van der Waals surface area contributed by atoms with Gasteiger partial charge in [-0.1, -0.05) is 212 Å². The van der Waals surface area contributed by atoms with Crippen molar-refractivity contribution < 1.29 is 37.3 Å². The maximum atomic E-state index is 12.7. The Labute approximate surface area is 367 Å². The first kappa shape index (κ1) is 58.2. The van der Waals surface area contributed by atoms with Crippen LogP contribution >= 0.6 is 7.82 Å². The molecule has 0 spiro atoms. The zero-order chi connectivity index (χ0) is 43.4. The van der Waals surface area contributed by atoms with E-state index in [1.807, 2.05) is 21.1 Å². The normalized spacial score (nSPS) is 13.7. The number of likely N-dealkylation sites (N-methyl/N-ethyl adjacent to an activating group) is 1. The van der Waals surface area contributed by atoms with E-state index >= 15 is 0 Å². The molecule has 0 aliphatic rings. The van der Waals surface area contributed by atoms with Crippen molar-refractivity contribution in [3.63, 3.8) is 0 Å². The van der Waals surface area contributed by atoms with Crippen LogP contribution in [0.3, 0.4) is 0 Å². The SMILES string of the molecule is CCCCCCCCCC/C=C\CCCCCCCCCC(=O)O[C@H](COCCCCCCCCCCCCCCCCCCCC)COP(=O)([O-])OCC[N+](C)(C)C. The summed E-state index contributed by atoms with van der Waals surface area (Å²) in [5.41, 5.74) is 0. The van der Waals surface area contributed by atoms with Gasteiger partial charge < -0.3 is 27.9 Å². The van der Waals surface area contributed by atoms with Gasteiger partial charge in [-0.25, -0.2) is 0 Å². The molecule has 0 aromatic heterocycles. The number of nitrogens with zero attached hydrogens (tertiary/aromatic N) is 1. The fraction of sp³-hybridized carbons (Fsp3) is 0.940. The maximum absolute atomic E-state index is 12.7. The standard InChI is InChI=1S/C50H100NO7P/c1-6-8-10-12-14-16-18-20-22-24-26-27-29-31-33-35-37-39-41-43-50(52)58-49(48-57-59(53,54)56-46-44-51(3,4)5)47-55-45-42-40-38-36-34-32-30-28-25-23-21-19-17-15-13-11-9-7-2/h24,26,49H,6-23,25,27-48H2,1-5H3/b26-24-/t49-/m1/s1. The molecule has 2 atom stereocenters. The number of phosphoric acid groups is 1. The van der Waals surface area contributed by atoms with Crippen molar-refractivity contribution in [2.24, 2.45) is 0 Å². The lowest BCUT2D eigenvalue weighted by Crippen LogP contribution is -2.37. The molecule has 352 valence electrons. The molecule has 59 heavy (non-hydrogen) atoms. The van der Waals surface area contributed by atoms with Crippen LogP contribution in [0.2, 0.25) is 0 Å². The summed E-state index contributed by atoms with van der Waals surface area (Å²) < 4.78 is 34.7. The molecule has 1 unspecified atom stereocenters. The second-order valence-corrected chi connectivity index (χ2v) is 19.9. The van der Waals surface area contributed by atoms with Gasteiger partial charge in [-0.3, -0.25) is 9.36 Å². The second-order valence-electron chi connectivity index (χ2n) is 18.5. The van der Waals surface area contributed by atoms with Crippen molar-refractivity contribution in [2.75, 3.05) is 54.1 Å². The van der Waals surface area contributed by atoms with Crippen LogP contribution < -0.4 is 4.89 Å². The van der Waals surface area contributed by atoms with Crippen LogP contribution in [0, 0.1) is 0 Å². The molecule has 0 fully saturated rings. The summed E-state index contributed by atoms with van der Waals surface area (Å²) in [5, 5.41) is 0. The van der Waals surface area contributed by atoms with Gasteiger partial charge >= 0.3 is 5.97 Å². The summed E-state index contributed by atoms with van der Waals surface area (Å²) in [5.74, 6) is -0.333. The van der Waals surface area contributed by atoms with E-state index in [0.29, 0.717) is 24.1 Å². The van der Waals surface area contributed by atoms with Crippen LogP contribution in [0.1, 0.15) is 245 Å². The average molecular weight is 858 g/mol. The Kier molecular flexibility index (Phi) is 43.3. The molecule has 9 heteroatoms. The summed E-state index contributed by atoms with van der Waals surface area (Å²) in [6, 6.07) is 0. The van der Waals surface area contributed by atoms with Crippen molar-refractivity contribution in [3.05, 3.63) is 12.2 Å². The molecule has 0 N–H and O–H groups in total. The molecular formula is C50H100NO7P. The van der Waals surface area contributed by atoms with Gasteiger partial charge in [0.25, 0.3) is 7.82 Å². The molecule has 0 rings (SSSR count). The first-order valence-electron chi connectivity index (χ1n) is 25.4.